The van der Waals surface area contributed by atoms with E-state index in [0.717, 1.165) is 0 Å². The van der Waals surface area contributed by atoms with E-state index in [1.807, 2.05) is 11.8 Å². The normalized spacial score (nSPS) is 10.9. The Morgan fingerprint density at radius 3 is 1.14 bits per heavy atom. The van der Waals surface area contributed by atoms with Crippen LogP contribution in [0.4, 0.5) is 0 Å². The summed E-state index contributed by atoms with van der Waals surface area (Å²) in [5.41, 5.74) is 10.6. The molecule has 0 unspecified atom stereocenters. The van der Waals surface area contributed by atoms with E-state index < -0.39 is 0 Å². The maximum absolute atomic E-state index is 2.25. The zero-order valence-electron chi connectivity index (χ0n) is 17.5. The Hall–Kier alpha value is -2.77. The number of aryl methyl sites for hydroxylation is 4. The molecule has 0 aliphatic carbocycles. The third-order valence-electron chi connectivity index (χ3n) is 5.49. The van der Waals surface area contributed by atoms with Crippen molar-refractivity contribution >= 4 is 11.8 Å². The number of rotatable bonds is 4. The lowest BCUT2D eigenvalue weighted by molar-refractivity contribution is 1.32. The Balaban J connectivity index is 1.84. The molecule has 0 aliphatic rings. The molecule has 0 fully saturated rings. The Morgan fingerprint density at radius 1 is 0.414 bits per heavy atom. The van der Waals surface area contributed by atoms with Gasteiger partial charge in [0.1, 0.15) is 0 Å². The second kappa shape index (κ2) is 8.31. The first-order chi connectivity index (χ1) is 14.1. The van der Waals surface area contributed by atoms with Crippen molar-refractivity contribution < 1.29 is 0 Å². The number of benzene rings is 4. The molecule has 0 saturated heterocycles. The number of hydrogen-bond acceptors (Lipinski definition) is 1. The topological polar surface area (TPSA) is 0 Å². The smallest absolute Gasteiger partial charge is 0.0201 e. The number of hydrogen-bond donors (Lipinski definition) is 0. The molecule has 0 bridgehead atoms. The van der Waals surface area contributed by atoms with Crippen LogP contribution < -0.4 is 0 Å². The zero-order valence-corrected chi connectivity index (χ0v) is 18.3. The molecule has 0 aliphatic heterocycles. The Kier molecular flexibility index (Phi) is 5.60. The van der Waals surface area contributed by atoms with Crippen LogP contribution in [-0.4, -0.2) is 0 Å². The van der Waals surface area contributed by atoms with Crippen molar-refractivity contribution in [2.24, 2.45) is 0 Å². The lowest BCUT2D eigenvalue weighted by Gasteiger charge is -2.17. The molecule has 0 spiro atoms. The second-order valence-electron chi connectivity index (χ2n) is 7.63. The maximum Gasteiger partial charge on any atom is 0.0201 e. The van der Waals surface area contributed by atoms with E-state index in [2.05, 4.69) is 113 Å². The van der Waals surface area contributed by atoms with E-state index >= 15 is 0 Å². The van der Waals surface area contributed by atoms with Crippen LogP contribution in [0.15, 0.2) is 94.7 Å². The third kappa shape index (κ3) is 3.88. The molecule has 0 amide bonds. The largest absolute Gasteiger partial charge is 0.0888 e. The summed E-state index contributed by atoms with van der Waals surface area (Å²) in [5.74, 6) is 0. The maximum atomic E-state index is 2.25. The highest BCUT2D eigenvalue weighted by Gasteiger charge is 2.14. The first-order valence-corrected chi connectivity index (χ1v) is 10.9. The molecule has 0 nitrogen and oxygen atoms in total. The summed E-state index contributed by atoms with van der Waals surface area (Å²) >= 11 is 1.87. The van der Waals surface area contributed by atoms with Crippen molar-refractivity contribution in [1.29, 1.82) is 0 Å². The molecule has 144 valence electrons. The van der Waals surface area contributed by atoms with E-state index in [-0.39, 0.29) is 0 Å². The minimum Gasteiger partial charge on any atom is -0.0888 e. The van der Waals surface area contributed by atoms with Gasteiger partial charge in [-0.3, -0.25) is 0 Å². The summed E-state index contributed by atoms with van der Waals surface area (Å²) in [5, 5.41) is 0. The SMILES string of the molecule is Cc1cccc(C)c1-c1ccccc1Sc1ccccc1-c1c(C)cccc1C. The molecular formula is C28H26S. The van der Waals surface area contributed by atoms with Gasteiger partial charge in [0.05, 0.1) is 0 Å². The molecule has 0 N–H and O–H groups in total. The highest BCUT2D eigenvalue weighted by Crippen LogP contribution is 2.43. The van der Waals surface area contributed by atoms with Crippen molar-refractivity contribution in [3.8, 4) is 22.3 Å². The summed E-state index contributed by atoms with van der Waals surface area (Å²) < 4.78 is 0. The van der Waals surface area contributed by atoms with E-state index in [1.165, 1.54) is 54.3 Å². The Morgan fingerprint density at radius 2 is 0.759 bits per heavy atom. The molecule has 0 saturated carbocycles. The fourth-order valence-corrected chi connectivity index (χ4v) is 5.21. The van der Waals surface area contributed by atoms with Gasteiger partial charge in [0.2, 0.25) is 0 Å². The fourth-order valence-electron chi connectivity index (χ4n) is 4.12. The van der Waals surface area contributed by atoms with E-state index in [9.17, 15) is 0 Å². The monoisotopic (exact) mass is 394 g/mol. The van der Waals surface area contributed by atoms with E-state index in [4.69, 9.17) is 0 Å². The minimum atomic E-state index is 1.29. The van der Waals surface area contributed by atoms with Crippen molar-refractivity contribution in [2.75, 3.05) is 0 Å². The molecule has 1 heteroatoms. The standard InChI is InChI=1S/C28H26S/c1-19-11-9-12-20(2)27(19)23-15-5-7-17-25(23)29-26-18-8-6-16-24(26)28-21(3)13-10-14-22(28)4/h5-18H,1-4H3. The predicted octanol–water partition coefficient (Wildman–Crippen LogP) is 8.41. The van der Waals surface area contributed by atoms with Crippen LogP contribution >= 0.6 is 11.8 Å². The van der Waals surface area contributed by atoms with Gasteiger partial charge in [0.15, 0.2) is 0 Å². The fraction of sp³-hybridized carbons (Fsp3) is 0.143. The van der Waals surface area contributed by atoms with Gasteiger partial charge in [-0.1, -0.05) is 84.6 Å². The Bertz CT molecular complexity index is 1040. The van der Waals surface area contributed by atoms with Crippen molar-refractivity contribution in [3.63, 3.8) is 0 Å². The molecule has 4 aromatic rings. The molecule has 29 heavy (non-hydrogen) atoms. The molecular weight excluding hydrogens is 368 g/mol. The summed E-state index contributed by atoms with van der Waals surface area (Å²) in [4.78, 5) is 2.59. The van der Waals surface area contributed by atoms with Crippen molar-refractivity contribution in [2.45, 2.75) is 37.5 Å². The van der Waals surface area contributed by atoms with Gasteiger partial charge < -0.3 is 0 Å². The van der Waals surface area contributed by atoms with E-state index in [1.54, 1.807) is 0 Å². The first-order valence-electron chi connectivity index (χ1n) is 10.1. The predicted molar refractivity (Wildman–Crippen MR) is 127 cm³/mol. The zero-order chi connectivity index (χ0) is 20.4. The van der Waals surface area contributed by atoms with Gasteiger partial charge in [-0.2, -0.15) is 0 Å². The lowest BCUT2D eigenvalue weighted by Crippen LogP contribution is -1.92. The highest BCUT2D eigenvalue weighted by molar-refractivity contribution is 7.99. The molecule has 4 aromatic carbocycles. The Labute approximate surface area is 178 Å². The average molecular weight is 395 g/mol. The third-order valence-corrected chi connectivity index (χ3v) is 6.65. The molecule has 0 aromatic heterocycles. The summed E-state index contributed by atoms with van der Waals surface area (Å²) in [7, 11) is 0. The lowest BCUT2D eigenvalue weighted by atomic mass is 9.96. The first kappa shape index (κ1) is 19.5. The summed E-state index contributed by atoms with van der Waals surface area (Å²) in [6.07, 6.45) is 0. The van der Waals surface area contributed by atoms with Crippen LogP contribution in [0.1, 0.15) is 22.3 Å². The quantitative estimate of drug-likeness (QED) is 0.335. The summed E-state index contributed by atoms with van der Waals surface area (Å²) in [6, 6.07) is 30.6. The van der Waals surface area contributed by atoms with E-state index in [0.29, 0.717) is 0 Å². The van der Waals surface area contributed by atoms with Crippen molar-refractivity contribution in [1.82, 2.24) is 0 Å². The highest BCUT2D eigenvalue weighted by atomic mass is 32.2. The van der Waals surface area contributed by atoms with Crippen molar-refractivity contribution in [3.05, 3.63) is 107 Å². The van der Waals surface area contributed by atoms with Crippen LogP contribution in [0.25, 0.3) is 22.3 Å². The van der Waals surface area contributed by atoms with Gasteiger partial charge in [-0.25, -0.2) is 0 Å². The van der Waals surface area contributed by atoms with Gasteiger partial charge in [-0.15, -0.1) is 0 Å². The van der Waals surface area contributed by atoms with Crippen LogP contribution in [0, 0.1) is 27.7 Å². The molecule has 0 atom stereocenters. The molecule has 0 heterocycles. The van der Waals surface area contributed by atoms with Crippen LogP contribution in [0.5, 0.6) is 0 Å². The summed E-state index contributed by atoms with van der Waals surface area (Å²) in [6.45, 7) is 8.81. The van der Waals surface area contributed by atoms with Crippen LogP contribution in [0.3, 0.4) is 0 Å². The van der Waals surface area contributed by atoms with Gasteiger partial charge in [0.25, 0.3) is 0 Å². The molecule has 0 radical (unpaired) electrons. The minimum absolute atomic E-state index is 1.29. The van der Waals surface area contributed by atoms with Crippen LogP contribution in [-0.2, 0) is 0 Å². The van der Waals surface area contributed by atoms with Gasteiger partial charge in [0, 0.05) is 9.79 Å². The van der Waals surface area contributed by atoms with Gasteiger partial charge >= 0.3 is 0 Å². The molecule has 4 rings (SSSR count). The average Bonchev–Trinajstić information content (AvgIpc) is 2.70. The second-order valence-corrected chi connectivity index (χ2v) is 8.71. The van der Waals surface area contributed by atoms with Gasteiger partial charge in [-0.05, 0) is 84.3 Å². The van der Waals surface area contributed by atoms with Crippen LogP contribution in [0.2, 0.25) is 0 Å².